The third-order valence-corrected chi connectivity index (χ3v) is 2.35. The average molecular weight is 293 g/mol. The van der Waals surface area contributed by atoms with Gasteiger partial charge in [0.1, 0.15) is 5.75 Å². The molecule has 0 aromatic heterocycles. The average Bonchev–Trinajstić information content (AvgIpc) is 2.31. The van der Waals surface area contributed by atoms with Crippen LogP contribution in [0.1, 0.15) is 22.8 Å². The number of aldehydes is 1. The summed E-state index contributed by atoms with van der Waals surface area (Å²) in [7, 11) is 0. The highest BCUT2D eigenvalue weighted by Crippen LogP contribution is 2.29. The van der Waals surface area contributed by atoms with Crippen molar-refractivity contribution in [1.82, 2.24) is 0 Å². The Hall–Kier alpha value is -1.69. The SMILES string of the molecule is CCOC(=O)Cc1cc(Cl)cc(C=O)c1OC(F)F. The number of benzene rings is 1. The second-order valence-electron chi connectivity index (χ2n) is 3.46. The van der Waals surface area contributed by atoms with E-state index in [1.165, 1.54) is 12.1 Å². The van der Waals surface area contributed by atoms with Gasteiger partial charge in [0, 0.05) is 10.6 Å². The van der Waals surface area contributed by atoms with Crippen molar-refractivity contribution in [3.8, 4) is 5.75 Å². The molecule has 0 bridgehead atoms. The molecule has 0 N–H and O–H groups in total. The predicted octanol–water partition coefficient (Wildman–Crippen LogP) is 2.86. The van der Waals surface area contributed by atoms with Crippen molar-refractivity contribution >= 4 is 23.9 Å². The zero-order valence-corrected chi connectivity index (χ0v) is 10.7. The number of halogens is 3. The number of rotatable bonds is 6. The van der Waals surface area contributed by atoms with E-state index < -0.39 is 12.6 Å². The molecule has 0 amide bonds. The normalized spacial score (nSPS) is 10.4. The maximum absolute atomic E-state index is 12.3. The molecule has 0 aliphatic heterocycles. The largest absolute Gasteiger partial charge is 0.466 e. The van der Waals surface area contributed by atoms with E-state index in [4.69, 9.17) is 16.3 Å². The summed E-state index contributed by atoms with van der Waals surface area (Å²) in [4.78, 5) is 22.2. The monoisotopic (exact) mass is 292 g/mol. The molecule has 0 heterocycles. The number of carbonyl (C=O) groups is 2. The Kier molecular flexibility index (Phi) is 5.69. The van der Waals surface area contributed by atoms with Crippen molar-refractivity contribution in [3.63, 3.8) is 0 Å². The summed E-state index contributed by atoms with van der Waals surface area (Å²) in [6, 6.07) is 2.46. The standard InChI is InChI=1S/C12H11ClF2O4/c1-2-18-10(17)5-7-3-9(13)4-8(6-16)11(7)19-12(14)15/h3-4,6,12H,2,5H2,1H3. The van der Waals surface area contributed by atoms with Gasteiger partial charge in [-0.25, -0.2) is 0 Å². The van der Waals surface area contributed by atoms with Gasteiger partial charge in [-0.05, 0) is 19.1 Å². The Balaban J connectivity index is 3.15. The maximum atomic E-state index is 12.3. The second kappa shape index (κ2) is 7.04. The molecule has 0 aliphatic carbocycles. The minimum atomic E-state index is -3.11. The Bertz CT molecular complexity index is 477. The summed E-state index contributed by atoms with van der Waals surface area (Å²) >= 11 is 5.74. The first-order chi connectivity index (χ1) is 8.97. The number of ether oxygens (including phenoxy) is 2. The summed E-state index contributed by atoms with van der Waals surface area (Å²) < 4.78 is 33.6. The lowest BCUT2D eigenvalue weighted by Crippen LogP contribution is -2.12. The highest BCUT2D eigenvalue weighted by atomic mass is 35.5. The zero-order chi connectivity index (χ0) is 14.4. The molecule has 104 valence electrons. The molecule has 0 fully saturated rings. The zero-order valence-electron chi connectivity index (χ0n) is 9.99. The molecule has 1 rings (SSSR count). The molecule has 0 saturated carbocycles. The molecule has 0 radical (unpaired) electrons. The summed E-state index contributed by atoms with van der Waals surface area (Å²) in [5, 5.41) is 0.142. The van der Waals surface area contributed by atoms with Crippen LogP contribution >= 0.6 is 11.6 Å². The Morgan fingerprint density at radius 1 is 1.47 bits per heavy atom. The molecule has 0 aliphatic rings. The van der Waals surface area contributed by atoms with E-state index in [9.17, 15) is 18.4 Å². The van der Waals surface area contributed by atoms with Gasteiger partial charge in [-0.1, -0.05) is 11.6 Å². The van der Waals surface area contributed by atoms with Gasteiger partial charge in [-0.15, -0.1) is 0 Å². The minimum absolute atomic E-state index is 0.0772. The fourth-order valence-corrected chi connectivity index (χ4v) is 1.74. The van der Waals surface area contributed by atoms with Crippen LogP contribution in [0.3, 0.4) is 0 Å². The fourth-order valence-electron chi connectivity index (χ4n) is 1.49. The topological polar surface area (TPSA) is 52.6 Å². The molecule has 19 heavy (non-hydrogen) atoms. The minimum Gasteiger partial charge on any atom is -0.466 e. The van der Waals surface area contributed by atoms with Crippen LogP contribution in [0.4, 0.5) is 8.78 Å². The summed E-state index contributed by atoms with van der Waals surface area (Å²) in [5.74, 6) is -0.983. The lowest BCUT2D eigenvalue weighted by atomic mass is 10.1. The van der Waals surface area contributed by atoms with E-state index in [2.05, 4.69) is 4.74 Å². The number of esters is 1. The first-order valence-electron chi connectivity index (χ1n) is 5.36. The van der Waals surface area contributed by atoms with Crippen LogP contribution in [0, 0.1) is 0 Å². The fraction of sp³-hybridized carbons (Fsp3) is 0.333. The van der Waals surface area contributed by atoms with Crippen molar-refractivity contribution in [2.24, 2.45) is 0 Å². The molecule has 1 aromatic rings. The van der Waals surface area contributed by atoms with Crippen molar-refractivity contribution in [3.05, 3.63) is 28.3 Å². The van der Waals surface area contributed by atoms with Gasteiger partial charge < -0.3 is 9.47 Å². The first kappa shape index (κ1) is 15.4. The van der Waals surface area contributed by atoms with E-state index >= 15 is 0 Å². The molecular weight excluding hydrogens is 282 g/mol. The highest BCUT2D eigenvalue weighted by molar-refractivity contribution is 6.31. The van der Waals surface area contributed by atoms with Gasteiger partial charge in [-0.2, -0.15) is 8.78 Å². The number of alkyl halides is 2. The Morgan fingerprint density at radius 3 is 2.68 bits per heavy atom. The molecule has 0 saturated heterocycles. The summed E-state index contributed by atoms with van der Waals surface area (Å²) in [5.41, 5.74) is -0.0690. The molecule has 7 heteroatoms. The quantitative estimate of drug-likeness (QED) is 0.597. The lowest BCUT2D eigenvalue weighted by molar-refractivity contribution is -0.142. The van der Waals surface area contributed by atoms with Crippen LogP contribution in [0.2, 0.25) is 5.02 Å². The third kappa shape index (κ3) is 4.48. The molecule has 0 unspecified atom stereocenters. The Labute approximate surface area is 113 Å². The van der Waals surface area contributed by atoms with Gasteiger partial charge in [0.05, 0.1) is 18.6 Å². The molecule has 0 atom stereocenters. The first-order valence-corrected chi connectivity index (χ1v) is 5.73. The van der Waals surface area contributed by atoms with E-state index in [1.807, 2.05) is 0 Å². The van der Waals surface area contributed by atoms with Crippen LogP contribution in [0.15, 0.2) is 12.1 Å². The van der Waals surface area contributed by atoms with Crippen molar-refractivity contribution in [1.29, 1.82) is 0 Å². The highest BCUT2D eigenvalue weighted by Gasteiger charge is 2.18. The van der Waals surface area contributed by atoms with Crippen molar-refractivity contribution < 1.29 is 27.8 Å². The van der Waals surface area contributed by atoms with Crippen molar-refractivity contribution in [2.75, 3.05) is 6.61 Å². The van der Waals surface area contributed by atoms with Crippen LogP contribution in [-0.4, -0.2) is 25.5 Å². The van der Waals surface area contributed by atoms with Gasteiger partial charge in [0.15, 0.2) is 6.29 Å². The summed E-state index contributed by atoms with van der Waals surface area (Å²) in [6.07, 6.45) is 0.0234. The van der Waals surface area contributed by atoms with Crippen LogP contribution in [-0.2, 0) is 16.0 Å². The van der Waals surface area contributed by atoms with Gasteiger partial charge >= 0.3 is 12.6 Å². The van der Waals surface area contributed by atoms with Crippen LogP contribution in [0.5, 0.6) is 5.75 Å². The maximum Gasteiger partial charge on any atom is 0.387 e. The number of carbonyl (C=O) groups excluding carboxylic acids is 2. The van der Waals surface area contributed by atoms with Crippen LogP contribution < -0.4 is 4.74 Å². The lowest BCUT2D eigenvalue weighted by Gasteiger charge is -2.13. The predicted molar refractivity (Wildman–Crippen MR) is 63.8 cm³/mol. The van der Waals surface area contributed by atoms with Gasteiger partial charge in [0.25, 0.3) is 0 Å². The third-order valence-electron chi connectivity index (χ3n) is 2.13. The molecular formula is C12H11ClF2O4. The van der Waals surface area contributed by atoms with E-state index in [1.54, 1.807) is 6.92 Å². The van der Waals surface area contributed by atoms with Crippen molar-refractivity contribution in [2.45, 2.75) is 20.0 Å². The molecule has 1 aromatic carbocycles. The number of hydrogen-bond acceptors (Lipinski definition) is 4. The van der Waals surface area contributed by atoms with E-state index in [0.717, 1.165) is 0 Å². The second-order valence-corrected chi connectivity index (χ2v) is 3.90. The van der Waals surface area contributed by atoms with E-state index in [-0.39, 0.29) is 34.9 Å². The molecule has 4 nitrogen and oxygen atoms in total. The molecule has 0 spiro atoms. The number of hydrogen-bond donors (Lipinski definition) is 0. The van der Waals surface area contributed by atoms with Crippen LogP contribution in [0.25, 0.3) is 0 Å². The summed E-state index contributed by atoms with van der Waals surface area (Å²) in [6.45, 7) is -1.34. The van der Waals surface area contributed by atoms with Gasteiger partial charge in [-0.3, -0.25) is 9.59 Å². The van der Waals surface area contributed by atoms with Gasteiger partial charge in [0.2, 0.25) is 0 Å². The van der Waals surface area contributed by atoms with E-state index in [0.29, 0.717) is 6.29 Å². The smallest absolute Gasteiger partial charge is 0.387 e. The Morgan fingerprint density at radius 2 is 2.16 bits per heavy atom.